The zero-order valence-electron chi connectivity index (χ0n) is 8.62. The number of nitrogens with one attached hydrogen (secondary N) is 2. The molecule has 1 aliphatic carbocycles. The molecule has 0 aliphatic heterocycles. The van der Waals surface area contributed by atoms with Gasteiger partial charge in [-0.25, -0.2) is 0 Å². The Morgan fingerprint density at radius 1 is 1.67 bits per heavy atom. The van der Waals surface area contributed by atoms with Crippen LogP contribution in [0.5, 0.6) is 0 Å². The van der Waals surface area contributed by atoms with Crippen LogP contribution in [-0.4, -0.2) is 22.6 Å². The number of aromatic nitrogens is 2. The quantitative estimate of drug-likeness (QED) is 0.687. The molecule has 0 bridgehead atoms. The normalized spacial score (nSPS) is 16.0. The van der Waals surface area contributed by atoms with Gasteiger partial charge in [-0.05, 0) is 12.3 Å². The maximum Gasteiger partial charge on any atom is 0.256 e. The molecular weight excluding hydrogens is 192 g/mol. The summed E-state index contributed by atoms with van der Waals surface area (Å²) in [6, 6.07) is 0. The van der Waals surface area contributed by atoms with Crippen molar-refractivity contribution in [3.8, 4) is 0 Å². The third-order valence-corrected chi connectivity index (χ3v) is 2.98. The van der Waals surface area contributed by atoms with Gasteiger partial charge in [-0.3, -0.25) is 9.89 Å². The van der Waals surface area contributed by atoms with Crippen LogP contribution in [0.2, 0.25) is 0 Å². The molecule has 4 N–H and O–H groups in total. The molecule has 1 saturated carbocycles. The molecule has 15 heavy (non-hydrogen) atoms. The van der Waals surface area contributed by atoms with Crippen molar-refractivity contribution in [1.29, 1.82) is 0 Å². The van der Waals surface area contributed by atoms with Crippen LogP contribution in [0.4, 0.5) is 5.82 Å². The molecule has 0 unspecified atom stereocenters. The fraction of sp³-hybridized carbons (Fsp3) is 0.600. The molecule has 0 atom stereocenters. The lowest BCUT2D eigenvalue weighted by atomic mass is 9.83. The Kier molecular flexibility index (Phi) is 2.89. The number of aromatic amines is 1. The van der Waals surface area contributed by atoms with Crippen LogP contribution in [0.25, 0.3) is 0 Å². The second-order valence-corrected chi connectivity index (χ2v) is 4.04. The number of carbonyl (C=O) groups is 1. The summed E-state index contributed by atoms with van der Waals surface area (Å²) in [5.74, 6) is 1.00. The summed E-state index contributed by atoms with van der Waals surface area (Å²) in [5, 5.41) is 9.09. The lowest BCUT2D eigenvalue weighted by Gasteiger charge is -2.25. The van der Waals surface area contributed by atoms with Gasteiger partial charge in [0.1, 0.15) is 11.4 Å². The van der Waals surface area contributed by atoms with Crippen LogP contribution in [0.1, 0.15) is 36.0 Å². The van der Waals surface area contributed by atoms with Crippen LogP contribution >= 0.6 is 0 Å². The molecule has 1 heterocycles. The summed E-state index contributed by atoms with van der Waals surface area (Å²) < 4.78 is 0. The van der Waals surface area contributed by atoms with Crippen LogP contribution < -0.4 is 11.1 Å². The second kappa shape index (κ2) is 4.33. The first-order chi connectivity index (χ1) is 7.27. The highest BCUT2D eigenvalue weighted by molar-refractivity contribution is 5.97. The molecule has 1 amide bonds. The van der Waals surface area contributed by atoms with Crippen molar-refractivity contribution in [2.24, 2.45) is 5.92 Å². The third kappa shape index (κ3) is 2.29. The predicted molar refractivity (Wildman–Crippen MR) is 57.3 cm³/mol. The smallest absolute Gasteiger partial charge is 0.256 e. The minimum absolute atomic E-state index is 0.138. The summed E-state index contributed by atoms with van der Waals surface area (Å²) in [5.41, 5.74) is 5.97. The van der Waals surface area contributed by atoms with Gasteiger partial charge in [-0.2, -0.15) is 5.10 Å². The zero-order valence-corrected chi connectivity index (χ0v) is 8.62. The maximum atomic E-state index is 11.6. The summed E-state index contributed by atoms with van der Waals surface area (Å²) in [4.78, 5) is 11.6. The first-order valence-electron chi connectivity index (χ1n) is 5.34. The van der Waals surface area contributed by atoms with Crippen molar-refractivity contribution in [2.45, 2.75) is 25.7 Å². The molecule has 82 valence electrons. The number of nitrogen functional groups attached to an aromatic ring is 1. The van der Waals surface area contributed by atoms with Crippen LogP contribution in [0, 0.1) is 5.92 Å². The van der Waals surface area contributed by atoms with Crippen molar-refractivity contribution < 1.29 is 4.79 Å². The van der Waals surface area contributed by atoms with Crippen molar-refractivity contribution >= 4 is 11.7 Å². The standard InChI is InChI=1S/C10H16N4O/c11-9-8(6-13-14-9)10(15)12-5-4-7-2-1-3-7/h6-7H,1-5H2,(H,12,15)(H3,11,13,14). The summed E-state index contributed by atoms with van der Waals surface area (Å²) in [7, 11) is 0. The fourth-order valence-corrected chi connectivity index (χ4v) is 1.74. The van der Waals surface area contributed by atoms with Crippen molar-refractivity contribution in [1.82, 2.24) is 15.5 Å². The minimum atomic E-state index is -0.138. The number of H-pyrrole nitrogens is 1. The van der Waals surface area contributed by atoms with E-state index in [9.17, 15) is 4.79 Å². The minimum Gasteiger partial charge on any atom is -0.383 e. The first kappa shape index (κ1) is 10.0. The zero-order chi connectivity index (χ0) is 10.7. The molecule has 2 rings (SSSR count). The molecule has 1 aliphatic rings. The number of rotatable bonds is 4. The molecule has 0 aromatic carbocycles. The largest absolute Gasteiger partial charge is 0.383 e. The van der Waals surface area contributed by atoms with E-state index in [1.807, 2.05) is 0 Å². The molecule has 1 fully saturated rings. The van der Waals surface area contributed by atoms with Crippen molar-refractivity contribution in [3.05, 3.63) is 11.8 Å². The molecule has 5 heteroatoms. The Morgan fingerprint density at radius 3 is 3.00 bits per heavy atom. The first-order valence-corrected chi connectivity index (χ1v) is 5.34. The Balaban J connectivity index is 1.74. The Bertz CT molecular complexity index is 343. The summed E-state index contributed by atoms with van der Waals surface area (Å²) in [6.07, 6.45) is 6.48. The molecule has 1 aromatic heterocycles. The maximum absolute atomic E-state index is 11.6. The van der Waals surface area contributed by atoms with Crippen molar-refractivity contribution in [2.75, 3.05) is 12.3 Å². The fourth-order valence-electron chi connectivity index (χ4n) is 1.74. The van der Waals surface area contributed by atoms with E-state index in [4.69, 9.17) is 5.73 Å². The van der Waals surface area contributed by atoms with Gasteiger partial charge >= 0.3 is 0 Å². The molecule has 0 radical (unpaired) electrons. The summed E-state index contributed by atoms with van der Waals surface area (Å²) in [6.45, 7) is 0.730. The number of nitrogens with two attached hydrogens (primary N) is 1. The van der Waals surface area contributed by atoms with E-state index in [0.29, 0.717) is 11.4 Å². The van der Waals surface area contributed by atoms with Gasteiger partial charge in [0.05, 0.1) is 6.20 Å². The second-order valence-electron chi connectivity index (χ2n) is 4.04. The van der Waals surface area contributed by atoms with E-state index in [1.54, 1.807) is 0 Å². The average molecular weight is 208 g/mol. The van der Waals surface area contributed by atoms with Crippen molar-refractivity contribution in [3.63, 3.8) is 0 Å². The number of hydrogen-bond acceptors (Lipinski definition) is 3. The van der Waals surface area contributed by atoms with E-state index in [-0.39, 0.29) is 5.91 Å². The van der Waals surface area contributed by atoms with Gasteiger partial charge < -0.3 is 11.1 Å². The van der Waals surface area contributed by atoms with E-state index < -0.39 is 0 Å². The molecule has 5 nitrogen and oxygen atoms in total. The number of nitrogens with zero attached hydrogens (tertiary/aromatic N) is 1. The van der Waals surface area contributed by atoms with Crippen LogP contribution in [0.3, 0.4) is 0 Å². The highest BCUT2D eigenvalue weighted by atomic mass is 16.1. The van der Waals surface area contributed by atoms with Gasteiger partial charge in [0, 0.05) is 6.54 Å². The van der Waals surface area contributed by atoms with E-state index in [0.717, 1.165) is 18.9 Å². The monoisotopic (exact) mass is 208 g/mol. The van der Waals surface area contributed by atoms with Crippen LogP contribution in [-0.2, 0) is 0 Å². The van der Waals surface area contributed by atoms with Gasteiger partial charge in [-0.1, -0.05) is 19.3 Å². The Labute approximate surface area is 88.4 Å². The Morgan fingerprint density at radius 2 is 2.47 bits per heavy atom. The van der Waals surface area contributed by atoms with Gasteiger partial charge in [-0.15, -0.1) is 0 Å². The van der Waals surface area contributed by atoms with E-state index in [2.05, 4.69) is 15.5 Å². The van der Waals surface area contributed by atoms with E-state index in [1.165, 1.54) is 25.5 Å². The molecular formula is C10H16N4O. The highest BCUT2D eigenvalue weighted by Crippen LogP contribution is 2.28. The van der Waals surface area contributed by atoms with Gasteiger partial charge in [0.25, 0.3) is 5.91 Å². The number of anilines is 1. The Hall–Kier alpha value is -1.52. The predicted octanol–water partition coefficient (Wildman–Crippen LogP) is 0.912. The van der Waals surface area contributed by atoms with Crippen LogP contribution in [0.15, 0.2) is 6.20 Å². The van der Waals surface area contributed by atoms with Gasteiger partial charge in [0.2, 0.25) is 0 Å². The summed E-state index contributed by atoms with van der Waals surface area (Å²) >= 11 is 0. The topological polar surface area (TPSA) is 83.8 Å². The number of carbonyl (C=O) groups excluding carboxylic acids is 1. The number of hydrogen-bond donors (Lipinski definition) is 3. The van der Waals surface area contributed by atoms with Gasteiger partial charge in [0.15, 0.2) is 0 Å². The SMILES string of the molecule is Nc1[nH]ncc1C(=O)NCCC1CCC1. The molecule has 0 spiro atoms. The van der Waals surface area contributed by atoms with E-state index >= 15 is 0 Å². The number of amides is 1. The average Bonchev–Trinajstić information content (AvgIpc) is 2.55. The molecule has 1 aromatic rings. The third-order valence-electron chi connectivity index (χ3n) is 2.98. The highest BCUT2D eigenvalue weighted by Gasteiger charge is 2.17. The lowest BCUT2D eigenvalue weighted by molar-refractivity contribution is 0.0950. The lowest BCUT2D eigenvalue weighted by Crippen LogP contribution is -2.27. The molecule has 0 saturated heterocycles.